The Labute approximate surface area is 161 Å². The van der Waals surface area contributed by atoms with Gasteiger partial charge in [-0.3, -0.25) is 4.98 Å². The molecule has 0 radical (unpaired) electrons. The van der Waals surface area contributed by atoms with Crippen molar-refractivity contribution in [3.05, 3.63) is 89.2 Å². The average Bonchev–Trinajstić information content (AvgIpc) is 3.05. The van der Waals surface area contributed by atoms with Gasteiger partial charge in [0.1, 0.15) is 6.61 Å². The van der Waals surface area contributed by atoms with Crippen molar-refractivity contribution >= 4 is 12.1 Å². The van der Waals surface area contributed by atoms with Gasteiger partial charge in [-0.15, -0.1) is 0 Å². The molecule has 1 heterocycles. The predicted octanol–water partition coefficient (Wildman–Crippen LogP) is 3.82. The van der Waals surface area contributed by atoms with Crippen LogP contribution < -0.4 is 5.32 Å². The largest absolute Gasteiger partial charge is 0.478 e. The number of aromatic carboxylic acids is 1. The first-order valence-electron chi connectivity index (χ1n) is 8.90. The first-order valence-corrected chi connectivity index (χ1v) is 8.90. The Morgan fingerprint density at radius 1 is 0.964 bits per heavy atom. The second-order valence-electron chi connectivity index (χ2n) is 6.52. The van der Waals surface area contributed by atoms with Crippen LogP contribution in [0.2, 0.25) is 0 Å². The summed E-state index contributed by atoms with van der Waals surface area (Å²) in [5.74, 6) is -1.03. The van der Waals surface area contributed by atoms with Crippen LogP contribution in [0, 0.1) is 0 Å². The SMILES string of the molecule is O=C(NCc1ccc(C(=O)O)cn1)OCC1c2ccccc2-c2ccccc21. The van der Waals surface area contributed by atoms with Crippen molar-refractivity contribution in [1.29, 1.82) is 0 Å². The normalized spacial score (nSPS) is 12.1. The van der Waals surface area contributed by atoms with Crippen LogP contribution in [0.15, 0.2) is 66.9 Å². The molecule has 0 aliphatic heterocycles. The molecule has 0 spiro atoms. The molecule has 0 saturated heterocycles. The van der Waals surface area contributed by atoms with Crippen LogP contribution in [-0.2, 0) is 11.3 Å². The summed E-state index contributed by atoms with van der Waals surface area (Å²) < 4.78 is 5.45. The number of carboxylic acid groups (broad SMARTS) is 1. The van der Waals surface area contributed by atoms with Crippen LogP contribution in [0.4, 0.5) is 4.79 Å². The number of pyridine rings is 1. The van der Waals surface area contributed by atoms with Gasteiger partial charge >= 0.3 is 12.1 Å². The number of aromatic nitrogens is 1. The number of nitrogens with zero attached hydrogens (tertiary/aromatic N) is 1. The lowest BCUT2D eigenvalue weighted by atomic mass is 9.98. The van der Waals surface area contributed by atoms with Crippen LogP contribution in [0.5, 0.6) is 0 Å². The van der Waals surface area contributed by atoms with Crippen LogP contribution in [0.3, 0.4) is 0 Å². The molecular weight excluding hydrogens is 356 g/mol. The fourth-order valence-electron chi connectivity index (χ4n) is 3.47. The van der Waals surface area contributed by atoms with E-state index < -0.39 is 12.1 Å². The summed E-state index contributed by atoms with van der Waals surface area (Å²) in [6, 6.07) is 19.3. The molecule has 1 aliphatic carbocycles. The van der Waals surface area contributed by atoms with Crippen molar-refractivity contribution in [3.63, 3.8) is 0 Å². The molecule has 4 rings (SSSR count). The van der Waals surface area contributed by atoms with Crippen molar-refractivity contribution in [2.75, 3.05) is 6.61 Å². The number of fused-ring (bicyclic) bond motifs is 3. The highest BCUT2D eigenvalue weighted by Gasteiger charge is 2.28. The number of amides is 1. The number of benzene rings is 2. The van der Waals surface area contributed by atoms with Gasteiger partial charge in [0, 0.05) is 12.1 Å². The van der Waals surface area contributed by atoms with Crippen molar-refractivity contribution in [3.8, 4) is 11.1 Å². The van der Waals surface area contributed by atoms with Gasteiger partial charge in [-0.2, -0.15) is 0 Å². The van der Waals surface area contributed by atoms with E-state index in [2.05, 4.69) is 34.6 Å². The molecule has 28 heavy (non-hydrogen) atoms. The summed E-state index contributed by atoms with van der Waals surface area (Å²) in [6.45, 7) is 0.405. The van der Waals surface area contributed by atoms with Gasteiger partial charge in [0.2, 0.25) is 0 Å². The molecule has 2 aromatic carbocycles. The van der Waals surface area contributed by atoms with E-state index in [0.717, 1.165) is 11.1 Å². The summed E-state index contributed by atoms with van der Waals surface area (Å²) in [7, 11) is 0. The fourth-order valence-corrected chi connectivity index (χ4v) is 3.47. The average molecular weight is 374 g/mol. The number of hydrogen-bond acceptors (Lipinski definition) is 4. The van der Waals surface area contributed by atoms with Gasteiger partial charge in [-0.05, 0) is 34.4 Å². The lowest BCUT2D eigenvalue weighted by Gasteiger charge is -2.14. The minimum Gasteiger partial charge on any atom is -0.478 e. The highest BCUT2D eigenvalue weighted by Crippen LogP contribution is 2.44. The zero-order chi connectivity index (χ0) is 19.5. The van der Waals surface area contributed by atoms with Crippen molar-refractivity contribution in [2.24, 2.45) is 0 Å². The molecule has 3 aromatic rings. The third kappa shape index (κ3) is 3.44. The van der Waals surface area contributed by atoms with E-state index in [0.29, 0.717) is 5.69 Å². The number of rotatable bonds is 5. The summed E-state index contributed by atoms with van der Waals surface area (Å²) in [5.41, 5.74) is 5.32. The standard InChI is InChI=1S/C22H18N2O4/c25-21(26)14-9-10-15(23-11-14)12-24-22(27)28-13-20-18-7-3-1-5-16(18)17-6-2-4-8-19(17)20/h1-11,20H,12-13H2,(H,24,27)(H,25,26). The Morgan fingerprint density at radius 3 is 2.18 bits per heavy atom. The number of nitrogens with one attached hydrogen (secondary N) is 1. The zero-order valence-electron chi connectivity index (χ0n) is 15.0. The van der Waals surface area contributed by atoms with Gasteiger partial charge in [-0.25, -0.2) is 9.59 Å². The zero-order valence-corrected chi connectivity index (χ0v) is 15.0. The molecule has 0 bridgehead atoms. The molecule has 0 unspecified atom stereocenters. The monoisotopic (exact) mass is 374 g/mol. The molecule has 0 saturated carbocycles. The molecule has 140 valence electrons. The van der Waals surface area contributed by atoms with Gasteiger partial charge in [-0.1, -0.05) is 48.5 Å². The molecule has 6 nitrogen and oxygen atoms in total. The molecule has 6 heteroatoms. The molecule has 2 N–H and O–H groups in total. The van der Waals surface area contributed by atoms with Crippen molar-refractivity contribution < 1.29 is 19.4 Å². The predicted molar refractivity (Wildman–Crippen MR) is 103 cm³/mol. The Bertz CT molecular complexity index is 985. The second kappa shape index (κ2) is 7.52. The minimum absolute atomic E-state index is 0.00567. The fraction of sp³-hybridized carbons (Fsp3) is 0.136. The van der Waals surface area contributed by atoms with Gasteiger partial charge in [0.05, 0.1) is 17.8 Å². The van der Waals surface area contributed by atoms with E-state index in [1.165, 1.54) is 23.4 Å². The van der Waals surface area contributed by atoms with Crippen LogP contribution >= 0.6 is 0 Å². The molecule has 1 aromatic heterocycles. The Morgan fingerprint density at radius 2 is 1.61 bits per heavy atom. The quantitative estimate of drug-likeness (QED) is 0.709. The van der Waals surface area contributed by atoms with E-state index in [4.69, 9.17) is 9.84 Å². The highest BCUT2D eigenvalue weighted by molar-refractivity contribution is 5.87. The van der Waals surface area contributed by atoms with Crippen LogP contribution in [0.25, 0.3) is 11.1 Å². The van der Waals surface area contributed by atoms with E-state index >= 15 is 0 Å². The molecular formula is C22H18N2O4. The molecule has 1 aliphatic rings. The first kappa shape index (κ1) is 17.7. The van der Waals surface area contributed by atoms with Gasteiger partial charge < -0.3 is 15.2 Å². The number of carbonyl (C=O) groups excluding carboxylic acids is 1. The van der Waals surface area contributed by atoms with Crippen LogP contribution in [-0.4, -0.2) is 28.8 Å². The van der Waals surface area contributed by atoms with Crippen molar-refractivity contribution in [2.45, 2.75) is 12.5 Å². The Balaban J connectivity index is 1.38. The van der Waals surface area contributed by atoms with Crippen molar-refractivity contribution in [1.82, 2.24) is 10.3 Å². The minimum atomic E-state index is -1.04. The van der Waals surface area contributed by atoms with E-state index in [9.17, 15) is 9.59 Å². The molecule has 1 amide bonds. The number of hydrogen-bond donors (Lipinski definition) is 2. The maximum Gasteiger partial charge on any atom is 0.407 e. The topological polar surface area (TPSA) is 88.5 Å². The third-order valence-electron chi connectivity index (χ3n) is 4.83. The van der Waals surface area contributed by atoms with E-state index in [1.807, 2.05) is 24.3 Å². The maximum atomic E-state index is 12.1. The lowest BCUT2D eigenvalue weighted by molar-refractivity contribution is 0.0696. The maximum absolute atomic E-state index is 12.1. The smallest absolute Gasteiger partial charge is 0.407 e. The van der Waals surface area contributed by atoms with Gasteiger partial charge in [0.15, 0.2) is 0 Å². The third-order valence-corrected chi connectivity index (χ3v) is 4.83. The Hall–Kier alpha value is -3.67. The highest BCUT2D eigenvalue weighted by atomic mass is 16.5. The van der Waals surface area contributed by atoms with Crippen LogP contribution in [0.1, 0.15) is 33.1 Å². The molecule has 0 atom stereocenters. The van der Waals surface area contributed by atoms with E-state index in [1.54, 1.807) is 6.07 Å². The molecule has 0 fully saturated rings. The summed E-state index contributed by atoms with van der Waals surface area (Å²) in [6.07, 6.45) is 0.725. The summed E-state index contributed by atoms with van der Waals surface area (Å²) in [5, 5.41) is 11.5. The first-order chi connectivity index (χ1) is 13.6. The number of carbonyl (C=O) groups is 2. The number of alkyl carbamates (subject to hydrolysis) is 1. The summed E-state index contributed by atoms with van der Waals surface area (Å²) in [4.78, 5) is 27.0. The summed E-state index contributed by atoms with van der Waals surface area (Å²) >= 11 is 0. The second-order valence-corrected chi connectivity index (χ2v) is 6.52. The lowest BCUT2D eigenvalue weighted by Crippen LogP contribution is -2.26. The Kier molecular flexibility index (Phi) is 4.76. The number of ether oxygens (including phenoxy) is 1. The number of carboxylic acids is 1. The van der Waals surface area contributed by atoms with E-state index in [-0.39, 0.29) is 24.6 Å². The van der Waals surface area contributed by atoms with Gasteiger partial charge in [0.25, 0.3) is 0 Å².